The van der Waals surface area contributed by atoms with Crippen LogP contribution in [0.5, 0.6) is 0 Å². The number of carboxylic acids is 1. The van der Waals surface area contributed by atoms with Gasteiger partial charge in [0.25, 0.3) is 0 Å². The molecule has 1 rings (SSSR count). The molecule has 0 aliphatic rings. The number of hydrogen-bond donors (Lipinski definition) is 2. The Hall–Kier alpha value is -1.97. The van der Waals surface area contributed by atoms with Gasteiger partial charge in [0.1, 0.15) is 0 Å². The van der Waals surface area contributed by atoms with Crippen LogP contribution in [0.3, 0.4) is 0 Å². The van der Waals surface area contributed by atoms with Gasteiger partial charge in [-0.3, -0.25) is 9.59 Å². The van der Waals surface area contributed by atoms with Crippen molar-refractivity contribution >= 4 is 29.2 Å². The molecule has 0 aliphatic heterocycles. The van der Waals surface area contributed by atoms with Crippen LogP contribution in [-0.4, -0.2) is 17.0 Å². The SMILES string of the molecule is O=C(O)CCCCC(=O)Nc1cc(C(F)(F)F)cc(C(F)(F)F)c1Cl. The van der Waals surface area contributed by atoms with E-state index in [-0.39, 0.29) is 31.7 Å². The minimum Gasteiger partial charge on any atom is -0.481 e. The lowest BCUT2D eigenvalue weighted by molar-refractivity contribution is -0.143. The molecule has 0 radical (unpaired) electrons. The highest BCUT2D eigenvalue weighted by Crippen LogP contribution is 2.42. The molecule has 1 amide bonds. The summed E-state index contributed by atoms with van der Waals surface area (Å²) in [6.07, 6.45) is -10.5. The van der Waals surface area contributed by atoms with E-state index >= 15 is 0 Å². The molecule has 25 heavy (non-hydrogen) atoms. The third-order valence-electron chi connectivity index (χ3n) is 3.02. The molecular formula is C14H12ClF6NO3. The van der Waals surface area contributed by atoms with Crippen LogP contribution < -0.4 is 5.32 Å². The molecule has 2 N–H and O–H groups in total. The number of carboxylic acid groups (broad SMARTS) is 1. The molecule has 0 atom stereocenters. The minimum absolute atomic E-state index is 0.0981. The van der Waals surface area contributed by atoms with Gasteiger partial charge in [0.05, 0.1) is 21.8 Å². The van der Waals surface area contributed by atoms with E-state index in [1.54, 1.807) is 0 Å². The average molecular weight is 392 g/mol. The fourth-order valence-electron chi connectivity index (χ4n) is 1.86. The third kappa shape index (κ3) is 6.45. The molecule has 0 saturated carbocycles. The highest BCUT2D eigenvalue weighted by atomic mass is 35.5. The van der Waals surface area contributed by atoms with E-state index < -0.39 is 46.1 Å². The standard InChI is InChI=1S/C14H12ClF6NO3/c15-12-8(14(19,20)21)5-7(13(16,17)18)6-9(12)22-10(23)3-1-2-4-11(24)25/h5-6H,1-4H2,(H,22,23)(H,24,25). The number of aliphatic carboxylic acids is 1. The Balaban J connectivity index is 3.01. The quantitative estimate of drug-likeness (QED) is 0.532. The summed E-state index contributed by atoms with van der Waals surface area (Å²) in [6.45, 7) is 0. The lowest BCUT2D eigenvalue weighted by atomic mass is 10.1. The highest BCUT2D eigenvalue weighted by molar-refractivity contribution is 6.34. The van der Waals surface area contributed by atoms with Gasteiger partial charge in [-0.1, -0.05) is 11.6 Å². The first kappa shape index (κ1) is 21.1. The second-order valence-electron chi connectivity index (χ2n) is 5.03. The molecule has 0 spiro atoms. The maximum absolute atomic E-state index is 12.8. The second kappa shape index (κ2) is 7.94. The number of alkyl halides is 6. The van der Waals surface area contributed by atoms with Crippen LogP contribution in [0.1, 0.15) is 36.8 Å². The van der Waals surface area contributed by atoms with Gasteiger partial charge >= 0.3 is 18.3 Å². The summed E-state index contributed by atoms with van der Waals surface area (Å²) in [6, 6.07) is 0.178. The summed E-state index contributed by atoms with van der Waals surface area (Å²) in [5.74, 6) is -1.96. The number of hydrogen-bond acceptors (Lipinski definition) is 2. The van der Waals surface area contributed by atoms with E-state index in [2.05, 4.69) is 0 Å². The van der Waals surface area contributed by atoms with Crippen molar-refractivity contribution in [3.05, 3.63) is 28.3 Å². The summed E-state index contributed by atoms with van der Waals surface area (Å²) in [7, 11) is 0. The molecule has 11 heteroatoms. The topological polar surface area (TPSA) is 66.4 Å². The van der Waals surface area contributed by atoms with E-state index in [1.165, 1.54) is 0 Å². The van der Waals surface area contributed by atoms with Crippen molar-refractivity contribution in [2.75, 3.05) is 5.32 Å². The summed E-state index contributed by atoms with van der Waals surface area (Å²) in [5, 5.41) is 9.28. The van der Waals surface area contributed by atoms with Gasteiger partial charge in [-0.15, -0.1) is 0 Å². The molecule has 1 aromatic rings. The van der Waals surface area contributed by atoms with E-state index in [4.69, 9.17) is 16.7 Å². The predicted octanol–water partition coefficient (Wildman–Crippen LogP) is 4.96. The van der Waals surface area contributed by atoms with Gasteiger partial charge in [0.15, 0.2) is 0 Å². The summed E-state index contributed by atoms with van der Waals surface area (Å²) in [5.41, 5.74) is -4.14. The molecule has 0 bridgehead atoms. The molecule has 0 saturated heterocycles. The molecule has 0 unspecified atom stereocenters. The Labute approximate surface area is 142 Å². The highest BCUT2D eigenvalue weighted by Gasteiger charge is 2.39. The summed E-state index contributed by atoms with van der Waals surface area (Å²) < 4.78 is 76.8. The second-order valence-corrected chi connectivity index (χ2v) is 5.41. The minimum atomic E-state index is -5.14. The number of anilines is 1. The molecule has 1 aromatic carbocycles. The molecular weight excluding hydrogens is 380 g/mol. The molecule has 0 heterocycles. The number of amides is 1. The van der Waals surface area contributed by atoms with Crippen LogP contribution in [0.2, 0.25) is 5.02 Å². The van der Waals surface area contributed by atoms with Crippen molar-refractivity contribution in [2.24, 2.45) is 0 Å². The van der Waals surface area contributed by atoms with Crippen molar-refractivity contribution in [1.82, 2.24) is 0 Å². The van der Waals surface area contributed by atoms with Gasteiger partial charge in [-0.25, -0.2) is 0 Å². The first-order valence-corrected chi connectivity index (χ1v) is 7.19. The Bertz CT molecular complexity index is 657. The number of nitrogens with one attached hydrogen (secondary N) is 1. The van der Waals surface area contributed by atoms with E-state index in [0.717, 1.165) is 0 Å². The zero-order valence-electron chi connectivity index (χ0n) is 12.4. The Morgan fingerprint density at radius 1 is 1.00 bits per heavy atom. The van der Waals surface area contributed by atoms with Crippen molar-refractivity contribution in [3.63, 3.8) is 0 Å². The van der Waals surface area contributed by atoms with E-state index in [9.17, 15) is 35.9 Å². The number of halogens is 7. The zero-order valence-corrected chi connectivity index (χ0v) is 13.1. The van der Waals surface area contributed by atoms with E-state index in [1.807, 2.05) is 5.32 Å². The average Bonchev–Trinajstić information content (AvgIpc) is 2.43. The van der Waals surface area contributed by atoms with Crippen molar-refractivity contribution in [2.45, 2.75) is 38.0 Å². The molecule has 0 aliphatic carbocycles. The third-order valence-corrected chi connectivity index (χ3v) is 3.43. The number of unbranched alkanes of at least 4 members (excludes halogenated alkanes) is 1. The fraction of sp³-hybridized carbons (Fsp3) is 0.429. The molecule has 4 nitrogen and oxygen atoms in total. The van der Waals surface area contributed by atoms with Gasteiger partial charge < -0.3 is 10.4 Å². The van der Waals surface area contributed by atoms with Gasteiger partial charge in [0, 0.05) is 12.8 Å². The van der Waals surface area contributed by atoms with Crippen molar-refractivity contribution in [1.29, 1.82) is 0 Å². The number of rotatable bonds is 6. The van der Waals surface area contributed by atoms with E-state index in [0.29, 0.717) is 6.07 Å². The van der Waals surface area contributed by atoms with Gasteiger partial charge in [-0.2, -0.15) is 26.3 Å². The van der Waals surface area contributed by atoms with Gasteiger partial charge in [0.2, 0.25) is 5.91 Å². The van der Waals surface area contributed by atoms with Crippen LogP contribution in [0, 0.1) is 0 Å². The van der Waals surface area contributed by atoms with Crippen molar-refractivity contribution in [3.8, 4) is 0 Å². The largest absolute Gasteiger partial charge is 0.481 e. The number of benzene rings is 1. The number of carbonyl (C=O) groups excluding carboxylic acids is 1. The fourth-order valence-corrected chi connectivity index (χ4v) is 2.12. The lowest BCUT2D eigenvalue weighted by Crippen LogP contribution is -2.16. The Kier molecular flexibility index (Phi) is 6.69. The smallest absolute Gasteiger partial charge is 0.417 e. The van der Waals surface area contributed by atoms with Crippen LogP contribution in [0.15, 0.2) is 12.1 Å². The lowest BCUT2D eigenvalue weighted by Gasteiger charge is -2.17. The normalized spacial score (nSPS) is 12.1. The maximum Gasteiger partial charge on any atom is 0.417 e. The Morgan fingerprint density at radius 3 is 2.04 bits per heavy atom. The monoisotopic (exact) mass is 391 g/mol. The van der Waals surface area contributed by atoms with Crippen molar-refractivity contribution < 1.29 is 41.0 Å². The van der Waals surface area contributed by atoms with Crippen LogP contribution in [-0.2, 0) is 21.9 Å². The first-order valence-electron chi connectivity index (χ1n) is 6.82. The summed E-state index contributed by atoms with van der Waals surface area (Å²) in [4.78, 5) is 22.0. The van der Waals surface area contributed by atoms with Crippen LogP contribution in [0.25, 0.3) is 0 Å². The molecule has 0 aromatic heterocycles. The molecule has 140 valence electrons. The first-order chi connectivity index (χ1) is 11.3. The molecule has 0 fully saturated rings. The number of carbonyl (C=O) groups is 2. The maximum atomic E-state index is 12.8. The van der Waals surface area contributed by atoms with Gasteiger partial charge in [-0.05, 0) is 25.0 Å². The van der Waals surface area contributed by atoms with Crippen LogP contribution >= 0.6 is 11.6 Å². The predicted molar refractivity (Wildman–Crippen MR) is 76.2 cm³/mol. The Morgan fingerprint density at radius 2 is 1.56 bits per heavy atom. The van der Waals surface area contributed by atoms with Crippen LogP contribution in [0.4, 0.5) is 32.0 Å². The zero-order chi connectivity index (χ0) is 19.4. The summed E-state index contributed by atoms with van der Waals surface area (Å²) >= 11 is 5.48.